The first-order valence-electron chi connectivity index (χ1n) is 7.07. The van der Waals surface area contributed by atoms with Crippen LogP contribution >= 0.6 is 11.6 Å². The first-order chi connectivity index (χ1) is 10.4. The van der Waals surface area contributed by atoms with Crippen LogP contribution in [0.25, 0.3) is 0 Å². The van der Waals surface area contributed by atoms with E-state index in [1.807, 2.05) is 0 Å². The van der Waals surface area contributed by atoms with Crippen molar-refractivity contribution in [1.29, 1.82) is 0 Å². The molecule has 0 N–H and O–H groups in total. The number of aryl methyl sites for hydroxylation is 2. The Hall–Kier alpha value is -1.53. The summed E-state index contributed by atoms with van der Waals surface area (Å²) in [5, 5.41) is 4.43. The number of rotatable bonds is 6. The van der Waals surface area contributed by atoms with Crippen LogP contribution < -0.4 is 4.74 Å². The minimum atomic E-state index is -3.75. The van der Waals surface area contributed by atoms with E-state index in [1.54, 1.807) is 19.9 Å². The molecule has 2 aromatic rings. The Bertz CT molecular complexity index is 769. The maximum atomic E-state index is 12.7. The molecule has 0 spiro atoms. The van der Waals surface area contributed by atoms with Crippen molar-refractivity contribution in [2.45, 2.75) is 38.5 Å². The van der Waals surface area contributed by atoms with E-state index in [4.69, 9.17) is 16.3 Å². The summed E-state index contributed by atoms with van der Waals surface area (Å²) >= 11 is 6.06. The molecule has 0 saturated heterocycles. The molecule has 0 aliphatic heterocycles. The minimum absolute atomic E-state index is 0.106. The molecule has 0 radical (unpaired) electrons. The SMILES string of the molecule is CCCCOc1cc(S(=O)(=O)n2nc(C)cc2C)ccc1Cl. The van der Waals surface area contributed by atoms with E-state index >= 15 is 0 Å². The van der Waals surface area contributed by atoms with Crippen molar-refractivity contribution < 1.29 is 13.2 Å². The highest BCUT2D eigenvalue weighted by atomic mass is 35.5. The summed E-state index contributed by atoms with van der Waals surface area (Å²) in [5.41, 5.74) is 1.20. The predicted octanol–water partition coefficient (Wildman–Crippen LogP) is 3.57. The second kappa shape index (κ2) is 6.71. The minimum Gasteiger partial charge on any atom is -0.492 e. The number of hydrogen-bond acceptors (Lipinski definition) is 4. The Morgan fingerprint density at radius 3 is 2.59 bits per heavy atom. The Morgan fingerprint density at radius 2 is 2.00 bits per heavy atom. The maximum Gasteiger partial charge on any atom is 0.283 e. The zero-order chi connectivity index (χ0) is 16.3. The van der Waals surface area contributed by atoms with Crippen LogP contribution in [0.15, 0.2) is 29.2 Å². The fraction of sp³-hybridized carbons (Fsp3) is 0.400. The lowest BCUT2D eigenvalue weighted by atomic mass is 10.3. The molecule has 5 nitrogen and oxygen atoms in total. The summed E-state index contributed by atoms with van der Waals surface area (Å²) in [5.74, 6) is 0.373. The second-order valence-corrected chi connectivity index (χ2v) is 7.24. The van der Waals surface area contributed by atoms with Gasteiger partial charge >= 0.3 is 0 Å². The summed E-state index contributed by atoms with van der Waals surface area (Å²) in [6.07, 6.45) is 1.87. The van der Waals surface area contributed by atoms with E-state index < -0.39 is 10.0 Å². The van der Waals surface area contributed by atoms with Gasteiger partial charge in [0.15, 0.2) is 0 Å². The Labute approximate surface area is 135 Å². The topological polar surface area (TPSA) is 61.2 Å². The summed E-state index contributed by atoms with van der Waals surface area (Å²) in [7, 11) is -3.75. The molecule has 0 unspecified atom stereocenters. The third-order valence-corrected chi connectivity index (χ3v) is 5.14. The standard InChI is InChI=1S/C15H19ClN2O3S/c1-4-5-8-21-15-10-13(6-7-14(15)16)22(19,20)18-12(3)9-11(2)17-18/h6-7,9-10H,4-5,8H2,1-3H3. The average molecular weight is 343 g/mol. The van der Waals surface area contributed by atoms with Gasteiger partial charge in [-0.25, -0.2) is 0 Å². The van der Waals surface area contributed by atoms with Crippen LogP contribution in [0.2, 0.25) is 5.02 Å². The van der Waals surface area contributed by atoms with Gasteiger partial charge in [0.05, 0.1) is 27.9 Å². The maximum absolute atomic E-state index is 12.7. The fourth-order valence-corrected chi connectivity index (χ4v) is 3.57. The van der Waals surface area contributed by atoms with E-state index in [9.17, 15) is 8.42 Å². The summed E-state index contributed by atoms with van der Waals surface area (Å²) in [6, 6.07) is 6.15. The number of unbranched alkanes of at least 4 members (excludes halogenated alkanes) is 1. The molecular weight excluding hydrogens is 324 g/mol. The molecule has 0 saturated carbocycles. The fourth-order valence-electron chi connectivity index (χ4n) is 2.03. The van der Waals surface area contributed by atoms with Crippen molar-refractivity contribution in [2.75, 3.05) is 6.61 Å². The number of halogens is 1. The normalized spacial score (nSPS) is 11.6. The summed E-state index contributed by atoms with van der Waals surface area (Å²) in [6.45, 7) is 6.00. The highest BCUT2D eigenvalue weighted by Crippen LogP contribution is 2.29. The van der Waals surface area contributed by atoms with E-state index in [0.29, 0.717) is 28.8 Å². The number of ether oxygens (including phenoxy) is 1. The molecule has 0 amide bonds. The number of hydrogen-bond donors (Lipinski definition) is 0. The van der Waals surface area contributed by atoms with Gasteiger partial charge in [-0.3, -0.25) is 0 Å². The first-order valence-corrected chi connectivity index (χ1v) is 8.89. The van der Waals surface area contributed by atoms with Gasteiger partial charge in [-0.2, -0.15) is 17.6 Å². The molecule has 1 heterocycles. The van der Waals surface area contributed by atoms with Crippen molar-refractivity contribution in [3.8, 4) is 5.75 Å². The van der Waals surface area contributed by atoms with Crippen LogP contribution in [0.5, 0.6) is 5.75 Å². The molecule has 22 heavy (non-hydrogen) atoms. The van der Waals surface area contributed by atoms with Gasteiger partial charge in [-0.05, 0) is 38.5 Å². The van der Waals surface area contributed by atoms with E-state index in [1.165, 1.54) is 18.2 Å². The molecule has 0 atom stereocenters. The van der Waals surface area contributed by atoms with E-state index in [-0.39, 0.29) is 4.90 Å². The largest absolute Gasteiger partial charge is 0.492 e. The van der Waals surface area contributed by atoms with Crippen LogP contribution in [-0.4, -0.2) is 24.2 Å². The number of benzene rings is 1. The molecular formula is C15H19ClN2O3S. The Balaban J connectivity index is 2.39. The lowest BCUT2D eigenvalue weighted by Gasteiger charge is -2.11. The van der Waals surface area contributed by atoms with Crippen LogP contribution in [0.1, 0.15) is 31.2 Å². The van der Waals surface area contributed by atoms with Gasteiger partial charge in [-0.1, -0.05) is 24.9 Å². The van der Waals surface area contributed by atoms with Gasteiger partial charge in [0, 0.05) is 6.07 Å². The van der Waals surface area contributed by atoms with Crippen molar-refractivity contribution in [3.05, 3.63) is 40.7 Å². The van der Waals surface area contributed by atoms with Gasteiger partial charge in [0.2, 0.25) is 0 Å². The van der Waals surface area contributed by atoms with Gasteiger partial charge in [0.25, 0.3) is 10.0 Å². The zero-order valence-corrected chi connectivity index (χ0v) is 14.4. The highest BCUT2D eigenvalue weighted by Gasteiger charge is 2.21. The van der Waals surface area contributed by atoms with Crippen molar-refractivity contribution in [1.82, 2.24) is 9.19 Å². The molecule has 0 aliphatic rings. The first kappa shape index (κ1) is 16.8. The van der Waals surface area contributed by atoms with Crippen LogP contribution in [0, 0.1) is 13.8 Å². The lowest BCUT2D eigenvalue weighted by molar-refractivity contribution is 0.309. The van der Waals surface area contributed by atoms with Crippen LogP contribution in [0.4, 0.5) is 0 Å². The summed E-state index contributed by atoms with van der Waals surface area (Å²) in [4.78, 5) is 0.106. The molecule has 7 heteroatoms. The molecule has 120 valence electrons. The molecule has 0 aliphatic carbocycles. The third kappa shape index (κ3) is 3.44. The second-order valence-electron chi connectivity index (χ2n) is 5.07. The van der Waals surface area contributed by atoms with E-state index in [2.05, 4.69) is 12.0 Å². The van der Waals surface area contributed by atoms with Gasteiger partial charge < -0.3 is 4.74 Å². The number of aromatic nitrogens is 2. The number of nitrogens with zero attached hydrogens (tertiary/aromatic N) is 2. The van der Waals surface area contributed by atoms with Crippen molar-refractivity contribution >= 4 is 21.6 Å². The quantitative estimate of drug-likeness (QED) is 0.753. The molecule has 1 aromatic carbocycles. The van der Waals surface area contributed by atoms with Crippen molar-refractivity contribution in [3.63, 3.8) is 0 Å². The van der Waals surface area contributed by atoms with Crippen molar-refractivity contribution in [2.24, 2.45) is 0 Å². The van der Waals surface area contributed by atoms with E-state index in [0.717, 1.165) is 16.9 Å². The highest BCUT2D eigenvalue weighted by molar-refractivity contribution is 7.89. The summed E-state index contributed by atoms with van der Waals surface area (Å²) < 4.78 is 31.9. The smallest absolute Gasteiger partial charge is 0.283 e. The van der Waals surface area contributed by atoms with Gasteiger partial charge in [-0.15, -0.1) is 0 Å². The molecule has 2 rings (SSSR count). The van der Waals surface area contributed by atoms with Crippen LogP contribution in [-0.2, 0) is 10.0 Å². The average Bonchev–Trinajstić information content (AvgIpc) is 2.80. The lowest BCUT2D eigenvalue weighted by Crippen LogP contribution is -2.16. The zero-order valence-electron chi connectivity index (χ0n) is 12.8. The third-order valence-electron chi connectivity index (χ3n) is 3.15. The Kier molecular flexibility index (Phi) is 5.13. The molecule has 0 bridgehead atoms. The Morgan fingerprint density at radius 1 is 1.27 bits per heavy atom. The monoisotopic (exact) mass is 342 g/mol. The predicted molar refractivity (Wildman–Crippen MR) is 86.1 cm³/mol. The molecule has 1 aromatic heterocycles. The van der Waals surface area contributed by atoms with Crippen LogP contribution in [0.3, 0.4) is 0 Å². The molecule has 0 fully saturated rings. The van der Waals surface area contributed by atoms with Gasteiger partial charge in [0.1, 0.15) is 5.75 Å².